The highest BCUT2D eigenvalue weighted by molar-refractivity contribution is 6.15. The fraction of sp³-hybridized carbons (Fsp3) is 0.308. The van der Waals surface area contributed by atoms with E-state index in [1.165, 1.54) is 25.2 Å². The molecular formula is C39H40F3N7O4. The van der Waals surface area contributed by atoms with E-state index in [2.05, 4.69) is 5.32 Å². The van der Waals surface area contributed by atoms with Gasteiger partial charge >= 0.3 is 12.3 Å². The Balaban J connectivity index is 1.19. The van der Waals surface area contributed by atoms with Crippen LogP contribution in [0.1, 0.15) is 53.1 Å². The monoisotopic (exact) mass is 727 g/mol. The highest BCUT2D eigenvalue weighted by Gasteiger charge is 2.35. The molecule has 0 aliphatic carbocycles. The topological polar surface area (TPSA) is 156 Å². The number of nitrogens with zero attached hydrogens (tertiary/aromatic N) is 3. The van der Waals surface area contributed by atoms with Gasteiger partial charge in [0, 0.05) is 66.9 Å². The number of terminal acetylenes is 1. The third-order valence-corrected chi connectivity index (χ3v) is 9.43. The molecule has 1 fully saturated rings. The predicted octanol–water partition coefficient (Wildman–Crippen LogP) is 5.36. The van der Waals surface area contributed by atoms with Crippen LogP contribution in [0.15, 0.2) is 66.7 Å². The number of hydrogen-bond donors (Lipinski definition) is 4. The Hall–Kier alpha value is -5.94. The Morgan fingerprint density at radius 2 is 1.77 bits per heavy atom. The maximum Gasteiger partial charge on any atom is 0.417 e. The second-order valence-corrected chi connectivity index (χ2v) is 12.7. The number of alkyl halides is 3. The third kappa shape index (κ3) is 8.75. The van der Waals surface area contributed by atoms with Gasteiger partial charge in [0.05, 0.1) is 23.7 Å². The molecule has 11 nitrogen and oxygen atoms in total. The molecule has 0 spiro atoms. The second kappa shape index (κ2) is 16.2. The minimum Gasteiger partial charge on any atom is -0.398 e. The van der Waals surface area contributed by atoms with Gasteiger partial charge in [-0.05, 0) is 79.9 Å². The van der Waals surface area contributed by atoms with Crippen LogP contribution in [0, 0.1) is 29.1 Å². The summed E-state index contributed by atoms with van der Waals surface area (Å²) in [6.45, 7) is 4.20. The lowest BCUT2D eigenvalue weighted by atomic mass is 9.96. The van der Waals surface area contributed by atoms with E-state index in [0.29, 0.717) is 56.8 Å². The molecule has 3 aromatic carbocycles. The summed E-state index contributed by atoms with van der Waals surface area (Å²) in [4.78, 5) is 43.8. The fourth-order valence-electron chi connectivity index (χ4n) is 6.50. The largest absolute Gasteiger partial charge is 0.417 e. The van der Waals surface area contributed by atoms with Crippen molar-refractivity contribution < 1.29 is 32.3 Å². The Morgan fingerprint density at radius 3 is 2.40 bits per heavy atom. The minimum absolute atomic E-state index is 0.0200. The second-order valence-electron chi connectivity index (χ2n) is 12.7. The van der Waals surface area contributed by atoms with Gasteiger partial charge in [-0.3, -0.25) is 25.3 Å². The van der Waals surface area contributed by atoms with Crippen LogP contribution in [0.3, 0.4) is 0 Å². The van der Waals surface area contributed by atoms with Crippen LogP contribution in [0.25, 0.3) is 5.57 Å². The van der Waals surface area contributed by atoms with Crippen molar-refractivity contribution in [3.8, 4) is 12.3 Å². The summed E-state index contributed by atoms with van der Waals surface area (Å²) in [5.41, 5.74) is 7.85. The van der Waals surface area contributed by atoms with Gasteiger partial charge in [-0.2, -0.15) is 13.2 Å². The maximum absolute atomic E-state index is 13.8. The van der Waals surface area contributed by atoms with E-state index in [-0.39, 0.29) is 58.3 Å². The molecule has 2 aliphatic heterocycles. The summed E-state index contributed by atoms with van der Waals surface area (Å²) >= 11 is 0. The van der Waals surface area contributed by atoms with Gasteiger partial charge in [0.15, 0.2) is 0 Å². The predicted molar refractivity (Wildman–Crippen MR) is 197 cm³/mol. The van der Waals surface area contributed by atoms with E-state index in [1.807, 2.05) is 36.0 Å². The van der Waals surface area contributed by atoms with Crippen molar-refractivity contribution in [2.24, 2.45) is 5.92 Å². The molecule has 53 heavy (non-hydrogen) atoms. The smallest absolute Gasteiger partial charge is 0.398 e. The highest BCUT2D eigenvalue weighted by Crippen LogP contribution is 2.34. The average Bonchev–Trinajstić information content (AvgIpc) is 3.63. The summed E-state index contributed by atoms with van der Waals surface area (Å²) in [5, 5.41) is 18.9. The summed E-state index contributed by atoms with van der Waals surface area (Å²) < 4.78 is 45.9. The highest BCUT2D eigenvalue weighted by atomic mass is 19.4. The van der Waals surface area contributed by atoms with E-state index in [4.69, 9.17) is 27.7 Å². The SMILES string of the molecule is C#Cc1ccc(C(=N)c2cc(N(CC)C(=O)[C@@H]3CCN(CC(=O)N4CC=C(c5ccc(C(=N)OC(=O)NC)cc5)CC4)C3)ccc2N)cc1C(F)(F)F. The first-order valence-electron chi connectivity index (χ1n) is 17.0. The molecule has 14 heteroatoms. The van der Waals surface area contributed by atoms with Gasteiger partial charge in [-0.25, -0.2) is 4.79 Å². The molecule has 1 atom stereocenters. The first kappa shape index (κ1) is 38.3. The summed E-state index contributed by atoms with van der Waals surface area (Å²) in [7, 11) is 1.41. The molecule has 2 aliphatic rings. The zero-order chi connectivity index (χ0) is 38.4. The van der Waals surface area contributed by atoms with E-state index < -0.39 is 17.8 Å². The lowest BCUT2D eigenvalue weighted by molar-refractivity contribution is -0.137. The van der Waals surface area contributed by atoms with Crippen molar-refractivity contribution in [2.45, 2.75) is 25.9 Å². The number of alkyl carbamates (subject to hydrolysis) is 1. The molecule has 5 N–H and O–H groups in total. The first-order valence-corrected chi connectivity index (χ1v) is 17.0. The van der Waals surface area contributed by atoms with Gasteiger partial charge in [0.2, 0.25) is 17.7 Å². The zero-order valence-corrected chi connectivity index (χ0v) is 29.3. The number of halogens is 3. The lowest BCUT2D eigenvalue weighted by Gasteiger charge is -2.29. The Bertz CT molecular complexity index is 2000. The molecule has 1 saturated heterocycles. The van der Waals surface area contributed by atoms with Crippen LogP contribution < -0.4 is 16.0 Å². The zero-order valence-electron chi connectivity index (χ0n) is 29.3. The van der Waals surface area contributed by atoms with E-state index in [9.17, 15) is 27.6 Å². The number of nitrogen functional groups attached to an aromatic ring is 1. The van der Waals surface area contributed by atoms with Crippen LogP contribution in [0.5, 0.6) is 0 Å². The van der Waals surface area contributed by atoms with Crippen LogP contribution >= 0.6 is 0 Å². The molecule has 0 saturated carbocycles. The molecule has 3 amide bonds. The number of amides is 3. The molecule has 0 radical (unpaired) electrons. The number of nitrogens with one attached hydrogen (secondary N) is 3. The number of carbonyl (C=O) groups excluding carboxylic acids is 3. The molecular weight excluding hydrogens is 687 g/mol. The number of hydrogen-bond acceptors (Lipinski definition) is 8. The van der Waals surface area contributed by atoms with Crippen LogP contribution in [0.2, 0.25) is 0 Å². The van der Waals surface area contributed by atoms with Crippen molar-refractivity contribution >= 4 is 46.5 Å². The Kier molecular flexibility index (Phi) is 11.7. The van der Waals surface area contributed by atoms with Gasteiger partial charge in [0.25, 0.3) is 0 Å². The van der Waals surface area contributed by atoms with Crippen molar-refractivity contribution in [1.82, 2.24) is 15.1 Å². The number of ether oxygens (including phenoxy) is 1. The number of anilines is 2. The molecule has 276 valence electrons. The molecule has 0 bridgehead atoms. The fourth-order valence-corrected chi connectivity index (χ4v) is 6.50. The third-order valence-electron chi connectivity index (χ3n) is 9.43. The van der Waals surface area contributed by atoms with Crippen molar-refractivity contribution in [3.63, 3.8) is 0 Å². The average molecular weight is 728 g/mol. The summed E-state index contributed by atoms with van der Waals surface area (Å²) in [6, 6.07) is 15.2. The number of carbonyl (C=O) groups is 3. The number of likely N-dealkylation sites (tertiary alicyclic amines) is 1. The number of benzene rings is 3. The van der Waals surface area contributed by atoms with E-state index in [1.54, 1.807) is 28.0 Å². The number of nitrogens with two attached hydrogens (primary N) is 1. The Morgan fingerprint density at radius 1 is 1.06 bits per heavy atom. The van der Waals surface area contributed by atoms with Crippen molar-refractivity contribution in [3.05, 3.63) is 100 Å². The summed E-state index contributed by atoms with van der Waals surface area (Å²) in [6.07, 6.45) is 3.04. The minimum atomic E-state index is -4.71. The first-order chi connectivity index (χ1) is 25.2. The van der Waals surface area contributed by atoms with Gasteiger partial charge < -0.3 is 25.6 Å². The van der Waals surface area contributed by atoms with Crippen molar-refractivity contribution in [1.29, 1.82) is 10.8 Å². The molecule has 5 rings (SSSR count). The lowest BCUT2D eigenvalue weighted by Crippen LogP contribution is -2.42. The van der Waals surface area contributed by atoms with Gasteiger partial charge in [-0.1, -0.05) is 30.2 Å². The quantitative estimate of drug-likeness (QED) is 0.101. The van der Waals surface area contributed by atoms with Gasteiger partial charge in [-0.15, -0.1) is 6.42 Å². The molecule has 3 aromatic rings. The maximum atomic E-state index is 13.8. The van der Waals surface area contributed by atoms with E-state index >= 15 is 0 Å². The van der Waals surface area contributed by atoms with Crippen LogP contribution in [-0.2, 0) is 20.5 Å². The standard InChI is InChI=1S/C39H40F3N7O4/c1-4-24-6-11-28(20-32(24)39(40,41)42)35(44)31-21-30(12-13-33(31)43)49(5-2)37(51)29-14-17-47(22-29)23-34(50)48-18-15-26(16-19-48)25-7-9-27(10-8-25)36(45)53-38(52)46-3/h1,6-13,15,20-21,29,44-45H,5,14,16-19,22-23,43H2,2-3H3,(H,46,52)/t29-/m1/s1. The number of rotatable bonds is 9. The van der Waals surface area contributed by atoms with Crippen LogP contribution in [0.4, 0.5) is 29.3 Å². The molecule has 0 aromatic heterocycles. The molecule has 0 unspecified atom stereocenters. The normalized spacial score (nSPS) is 16.0. The molecule has 2 heterocycles. The van der Waals surface area contributed by atoms with E-state index in [0.717, 1.165) is 23.3 Å². The van der Waals surface area contributed by atoms with Crippen LogP contribution in [-0.4, -0.2) is 85.6 Å². The summed E-state index contributed by atoms with van der Waals surface area (Å²) in [5.74, 6) is 1.20. The van der Waals surface area contributed by atoms with Crippen molar-refractivity contribution in [2.75, 3.05) is 56.9 Å². The van der Waals surface area contributed by atoms with Gasteiger partial charge in [0.1, 0.15) is 0 Å². The Labute approximate surface area is 305 Å².